The van der Waals surface area contributed by atoms with Gasteiger partial charge in [-0.15, -0.1) is 4.83 Å². The average molecular weight is 322 g/mol. The SMILES string of the molecule is CCc1cccc(C(=O)NNS(=O)(=O)c2ccccc2)c1F. The second-order valence-electron chi connectivity index (χ2n) is 4.50. The van der Waals surface area contributed by atoms with Crippen LogP contribution in [0.2, 0.25) is 0 Å². The van der Waals surface area contributed by atoms with Gasteiger partial charge in [-0.3, -0.25) is 10.2 Å². The topological polar surface area (TPSA) is 75.3 Å². The molecule has 2 aromatic rings. The fourth-order valence-corrected chi connectivity index (χ4v) is 2.73. The first-order valence-electron chi connectivity index (χ1n) is 6.60. The number of carbonyl (C=O) groups excluding carboxylic acids is 1. The molecule has 0 saturated carbocycles. The monoisotopic (exact) mass is 322 g/mol. The standard InChI is InChI=1S/C15H15FN2O3S/c1-2-11-7-6-10-13(14(11)16)15(19)17-18-22(20,21)12-8-4-3-5-9-12/h3-10,18H,2H2,1H3,(H,17,19). The number of hydrogen-bond donors (Lipinski definition) is 2. The van der Waals surface area contributed by atoms with Crippen LogP contribution in [0.3, 0.4) is 0 Å². The Bertz CT molecular complexity index is 777. The van der Waals surface area contributed by atoms with Crippen molar-refractivity contribution >= 4 is 15.9 Å². The van der Waals surface area contributed by atoms with Crippen LogP contribution in [0.4, 0.5) is 4.39 Å². The van der Waals surface area contributed by atoms with Crippen LogP contribution >= 0.6 is 0 Å². The lowest BCUT2D eigenvalue weighted by molar-refractivity contribution is 0.0941. The Morgan fingerprint density at radius 1 is 1.09 bits per heavy atom. The first-order chi connectivity index (χ1) is 10.5. The van der Waals surface area contributed by atoms with Gasteiger partial charge in [0, 0.05) is 0 Å². The van der Waals surface area contributed by atoms with E-state index < -0.39 is 21.7 Å². The number of hydrazine groups is 1. The lowest BCUT2D eigenvalue weighted by Crippen LogP contribution is -2.41. The number of hydrogen-bond acceptors (Lipinski definition) is 3. The molecule has 0 heterocycles. The molecule has 0 fully saturated rings. The highest BCUT2D eigenvalue weighted by Gasteiger charge is 2.18. The predicted molar refractivity (Wildman–Crippen MR) is 80.0 cm³/mol. The average Bonchev–Trinajstić information content (AvgIpc) is 2.54. The van der Waals surface area contributed by atoms with E-state index in [1.54, 1.807) is 37.3 Å². The number of nitrogens with one attached hydrogen (secondary N) is 2. The molecule has 0 radical (unpaired) electrons. The minimum absolute atomic E-state index is 0.00178. The van der Waals surface area contributed by atoms with Gasteiger partial charge in [0.2, 0.25) is 0 Å². The molecule has 116 valence electrons. The highest BCUT2D eigenvalue weighted by atomic mass is 32.2. The van der Waals surface area contributed by atoms with Crippen molar-refractivity contribution in [3.63, 3.8) is 0 Å². The summed E-state index contributed by atoms with van der Waals surface area (Å²) in [5, 5.41) is 0. The van der Waals surface area contributed by atoms with Crippen LogP contribution < -0.4 is 10.3 Å². The highest BCUT2D eigenvalue weighted by Crippen LogP contribution is 2.13. The van der Waals surface area contributed by atoms with Crippen molar-refractivity contribution in [1.82, 2.24) is 10.3 Å². The summed E-state index contributed by atoms with van der Waals surface area (Å²) in [7, 11) is -3.90. The molecule has 2 rings (SSSR count). The van der Waals surface area contributed by atoms with Gasteiger partial charge < -0.3 is 0 Å². The van der Waals surface area contributed by atoms with Crippen LogP contribution in [0.1, 0.15) is 22.8 Å². The van der Waals surface area contributed by atoms with Crippen molar-refractivity contribution in [2.75, 3.05) is 0 Å². The summed E-state index contributed by atoms with van der Waals surface area (Å²) in [4.78, 5) is 13.9. The van der Waals surface area contributed by atoms with Crippen LogP contribution in [-0.2, 0) is 16.4 Å². The van der Waals surface area contributed by atoms with E-state index >= 15 is 0 Å². The van der Waals surface area contributed by atoms with Crippen LogP contribution in [0.15, 0.2) is 53.4 Å². The quantitative estimate of drug-likeness (QED) is 0.827. The van der Waals surface area contributed by atoms with Gasteiger partial charge >= 0.3 is 0 Å². The van der Waals surface area contributed by atoms with Gasteiger partial charge in [-0.05, 0) is 30.2 Å². The molecule has 0 unspecified atom stereocenters. The molecule has 0 aromatic heterocycles. The highest BCUT2D eigenvalue weighted by molar-refractivity contribution is 7.89. The maximum absolute atomic E-state index is 14.0. The zero-order valence-corrected chi connectivity index (χ0v) is 12.7. The van der Waals surface area contributed by atoms with Crippen LogP contribution in [-0.4, -0.2) is 14.3 Å². The zero-order valence-electron chi connectivity index (χ0n) is 11.8. The summed E-state index contributed by atoms with van der Waals surface area (Å²) in [5.41, 5.74) is 2.19. The Morgan fingerprint density at radius 3 is 2.41 bits per heavy atom. The molecule has 0 bridgehead atoms. The Kier molecular flexibility index (Phi) is 4.89. The molecule has 2 N–H and O–H groups in total. The molecule has 0 aliphatic rings. The number of rotatable bonds is 5. The summed E-state index contributed by atoms with van der Waals surface area (Å²) in [6, 6.07) is 12.0. The first-order valence-corrected chi connectivity index (χ1v) is 8.08. The van der Waals surface area contributed by atoms with E-state index in [1.807, 2.05) is 10.3 Å². The number of halogens is 1. The van der Waals surface area contributed by atoms with E-state index in [1.165, 1.54) is 18.2 Å². The normalized spacial score (nSPS) is 11.2. The molecule has 7 heteroatoms. The molecular weight excluding hydrogens is 307 g/mol. The van der Waals surface area contributed by atoms with Crippen molar-refractivity contribution in [1.29, 1.82) is 0 Å². The van der Waals surface area contributed by atoms with Crippen molar-refractivity contribution in [3.8, 4) is 0 Å². The Morgan fingerprint density at radius 2 is 1.77 bits per heavy atom. The fraction of sp³-hybridized carbons (Fsp3) is 0.133. The third-order valence-corrected chi connectivity index (χ3v) is 4.32. The molecule has 0 aliphatic heterocycles. The van der Waals surface area contributed by atoms with Crippen molar-refractivity contribution in [3.05, 3.63) is 65.5 Å². The molecule has 0 saturated heterocycles. The first kappa shape index (κ1) is 16.1. The van der Waals surface area contributed by atoms with Crippen molar-refractivity contribution < 1.29 is 17.6 Å². The molecule has 22 heavy (non-hydrogen) atoms. The Balaban J connectivity index is 2.14. The molecule has 1 amide bonds. The molecule has 0 aliphatic carbocycles. The van der Waals surface area contributed by atoms with E-state index in [0.717, 1.165) is 0 Å². The smallest absolute Gasteiger partial charge is 0.269 e. The Hall–Kier alpha value is -2.25. The molecule has 2 aromatic carbocycles. The largest absolute Gasteiger partial charge is 0.273 e. The number of amides is 1. The minimum atomic E-state index is -3.90. The predicted octanol–water partition coefficient (Wildman–Crippen LogP) is 2.01. The summed E-state index contributed by atoms with van der Waals surface area (Å²) < 4.78 is 37.9. The van der Waals surface area contributed by atoms with E-state index in [9.17, 15) is 17.6 Å². The van der Waals surface area contributed by atoms with Gasteiger partial charge in [-0.1, -0.05) is 37.3 Å². The summed E-state index contributed by atoms with van der Waals surface area (Å²) in [6.45, 7) is 1.76. The van der Waals surface area contributed by atoms with Crippen LogP contribution in [0, 0.1) is 5.82 Å². The van der Waals surface area contributed by atoms with Gasteiger partial charge in [-0.25, -0.2) is 12.8 Å². The zero-order chi connectivity index (χ0) is 16.2. The number of carbonyl (C=O) groups is 1. The van der Waals surface area contributed by atoms with Gasteiger partial charge in [0.05, 0.1) is 10.5 Å². The fourth-order valence-electron chi connectivity index (χ4n) is 1.87. The van der Waals surface area contributed by atoms with Crippen molar-refractivity contribution in [2.24, 2.45) is 0 Å². The van der Waals surface area contributed by atoms with E-state index in [2.05, 4.69) is 0 Å². The van der Waals surface area contributed by atoms with Crippen molar-refractivity contribution in [2.45, 2.75) is 18.2 Å². The maximum atomic E-state index is 14.0. The second-order valence-corrected chi connectivity index (χ2v) is 6.19. The molecule has 0 atom stereocenters. The minimum Gasteiger partial charge on any atom is -0.273 e. The lowest BCUT2D eigenvalue weighted by atomic mass is 10.1. The third kappa shape index (κ3) is 3.49. The summed E-state index contributed by atoms with van der Waals surface area (Å²) in [5.74, 6) is -1.51. The van der Waals surface area contributed by atoms with E-state index in [-0.39, 0.29) is 10.5 Å². The van der Waals surface area contributed by atoms with Gasteiger partial charge in [0.1, 0.15) is 5.82 Å². The van der Waals surface area contributed by atoms with Gasteiger partial charge in [0.25, 0.3) is 15.9 Å². The van der Waals surface area contributed by atoms with Crippen LogP contribution in [0.25, 0.3) is 0 Å². The summed E-state index contributed by atoms with van der Waals surface area (Å²) >= 11 is 0. The molecule has 0 spiro atoms. The summed E-state index contributed by atoms with van der Waals surface area (Å²) in [6.07, 6.45) is 0.433. The molecular formula is C15H15FN2O3S. The van der Waals surface area contributed by atoms with E-state index in [4.69, 9.17) is 0 Å². The molecule has 5 nitrogen and oxygen atoms in total. The van der Waals surface area contributed by atoms with Crippen LogP contribution in [0.5, 0.6) is 0 Å². The maximum Gasteiger partial charge on any atom is 0.269 e. The van der Waals surface area contributed by atoms with Gasteiger partial charge in [-0.2, -0.15) is 0 Å². The number of benzene rings is 2. The van der Waals surface area contributed by atoms with Gasteiger partial charge in [0.15, 0.2) is 0 Å². The lowest BCUT2D eigenvalue weighted by Gasteiger charge is -2.10. The third-order valence-electron chi connectivity index (χ3n) is 3.06. The van der Waals surface area contributed by atoms with E-state index in [0.29, 0.717) is 12.0 Å². The Labute approximate surface area is 128 Å². The number of sulfonamides is 1. The number of aryl methyl sites for hydroxylation is 1. The second kappa shape index (κ2) is 6.67.